The maximum atomic E-state index is 10.8. The van der Waals surface area contributed by atoms with Crippen molar-refractivity contribution in [3.63, 3.8) is 0 Å². The quantitative estimate of drug-likeness (QED) is 0.383. The first-order valence-corrected chi connectivity index (χ1v) is 11.8. The summed E-state index contributed by atoms with van der Waals surface area (Å²) in [7, 11) is 0. The van der Waals surface area contributed by atoms with Crippen molar-refractivity contribution >= 4 is 11.6 Å². The third-order valence-corrected chi connectivity index (χ3v) is 3.58. The van der Waals surface area contributed by atoms with Gasteiger partial charge in [0.25, 0.3) is 0 Å². The highest BCUT2D eigenvalue weighted by Crippen LogP contribution is 2.17. The molecule has 0 amide bonds. The Morgan fingerprint density at radius 3 is 0.812 bits per heavy atom. The zero-order chi connectivity index (χ0) is 25.4. The average molecular weight is 437 g/mol. The Bertz CT molecular complexity index is 719. The molecule has 3 aromatic rings. The van der Waals surface area contributed by atoms with Gasteiger partial charge in [0.05, 0.1) is 0 Å². The largest absolute Gasteiger partial charge is 0.295 e. The van der Waals surface area contributed by atoms with E-state index in [1.54, 1.807) is 24.3 Å². The Morgan fingerprint density at radius 1 is 0.406 bits per heavy atom. The molecule has 32 heavy (non-hydrogen) atoms. The Balaban J connectivity index is -0.000000401. The summed E-state index contributed by atoms with van der Waals surface area (Å²) >= 11 is 0. The van der Waals surface area contributed by atoms with Crippen molar-refractivity contribution in [1.82, 2.24) is 0 Å². The van der Waals surface area contributed by atoms with Crippen molar-refractivity contribution in [1.29, 1.82) is 0 Å². The lowest BCUT2D eigenvalue weighted by Crippen LogP contribution is -1.95. The van der Waals surface area contributed by atoms with Gasteiger partial charge in [-0.1, -0.05) is 140 Å². The molecule has 0 aliphatic heterocycles. The zero-order valence-corrected chi connectivity index (χ0v) is 21.9. The van der Waals surface area contributed by atoms with Crippen LogP contribution in [0.4, 0.5) is 0 Å². The minimum atomic E-state index is 0.0186. The molecular weight excluding hydrogens is 392 g/mol. The van der Waals surface area contributed by atoms with Crippen molar-refractivity contribution in [3.05, 3.63) is 96.1 Å². The summed E-state index contributed by atoms with van der Waals surface area (Å²) in [4.78, 5) is 21.7. The molecule has 0 atom stereocenters. The lowest BCUT2D eigenvalue weighted by atomic mass is 10.1. The van der Waals surface area contributed by atoms with Gasteiger partial charge in [0, 0.05) is 11.1 Å². The number of rotatable bonds is 3. The predicted octanol–water partition coefficient (Wildman–Crippen LogP) is 9.55. The SMILES string of the molecule is CC.CC.CC.CC.CC(=O)c1ccc(C(C)=O)cc1.c1ccc(-c2ccccc2)cc1. The molecule has 0 aromatic heterocycles. The molecule has 0 saturated heterocycles. The third kappa shape index (κ3) is 14.9. The maximum Gasteiger partial charge on any atom is 0.159 e. The van der Waals surface area contributed by atoms with E-state index < -0.39 is 0 Å². The van der Waals surface area contributed by atoms with Gasteiger partial charge in [0.15, 0.2) is 11.6 Å². The lowest BCUT2D eigenvalue weighted by molar-refractivity contribution is 0.100. The number of carbonyl (C=O) groups excluding carboxylic acids is 2. The number of hydrogen-bond acceptors (Lipinski definition) is 2. The summed E-state index contributed by atoms with van der Waals surface area (Å²) in [6.45, 7) is 19.0. The minimum absolute atomic E-state index is 0.0186. The van der Waals surface area contributed by atoms with Crippen molar-refractivity contribution < 1.29 is 9.59 Å². The van der Waals surface area contributed by atoms with Gasteiger partial charge >= 0.3 is 0 Å². The van der Waals surface area contributed by atoms with E-state index in [2.05, 4.69) is 48.5 Å². The molecule has 0 fully saturated rings. The predicted molar refractivity (Wildman–Crippen MR) is 144 cm³/mol. The second-order valence-electron chi connectivity index (χ2n) is 5.42. The molecule has 176 valence electrons. The van der Waals surface area contributed by atoms with E-state index in [1.807, 2.05) is 67.5 Å². The van der Waals surface area contributed by atoms with Crippen LogP contribution < -0.4 is 0 Å². The molecule has 0 bridgehead atoms. The van der Waals surface area contributed by atoms with Crippen LogP contribution in [0.2, 0.25) is 0 Å². The van der Waals surface area contributed by atoms with E-state index in [1.165, 1.54) is 25.0 Å². The van der Waals surface area contributed by atoms with Gasteiger partial charge in [0.1, 0.15) is 0 Å². The lowest BCUT2D eigenvalue weighted by Gasteiger charge is -1.98. The molecule has 3 aromatic carbocycles. The minimum Gasteiger partial charge on any atom is -0.295 e. The third-order valence-electron chi connectivity index (χ3n) is 3.58. The molecule has 0 radical (unpaired) electrons. The van der Waals surface area contributed by atoms with Gasteiger partial charge < -0.3 is 0 Å². The van der Waals surface area contributed by atoms with Gasteiger partial charge in [-0.2, -0.15) is 0 Å². The summed E-state index contributed by atoms with van der Waals surface area (Å²) < 4.78 is 0. The number of carbonyl (C=O) groups is 2. The molecule has 0 saturated carbocycles. The molecule has 2 heteroatoms. The maximum absolute atomic E-state index is 10.8. The Hall–Kier alpha value is -3.00. The van der Waals surface area contributed by atoms with Crippen LogP contribution in [0.15, 0.2) is 84.9 Å². The molecule has 3 rings (SSSR count). The van der Waals surface area contributed by atoms with E-state index in [9.17, 15) is 9.59 Å². The highest BCUT2D eigenvalue weighted by Gasteiger charge is 2.00. The molecular formula is C30H44O2. The molecule has 2 nitrogen and oxygen atoms in total. The molecule has 0 aliphatic carbocycles. The van der Waals surface area contributed by atoms with Gasteiger partial charge in [-0.05, 0) is 25.0 Å². The first-order chi connectivity index (χ1) is 15.6. The number of Topliss-reactive ketones (excluding diaryl/α,β-unsaturated/α-hetero) is 2. The first kappa shape index (κ1) is 33.6. The molecule has 0 aliphatic rings. The van der Waals surface area contributed by atoms with Crippen molar-refractivity contribution in [3.8, 4) is 11.1 Å². The second-order valence-corrected chi connectivity index (χ2v) is 5.42. The van der Waals surface area contributed by atoms with Crippen LogP contribution in [0.5, 0.6) is 0 Å². The monoisotopic (exact) mass is 436 g/mol. The molecule has 0 spiro atoms. The molecule has 0 heterocycles. The summed E-state index contributed by atoms with van der Waals surface area (Å²) in [6, 6.07) is 27.4. The summed E-state index contributed by atoms with van der Waals surface area (Å²) in [5.74, 6) is 0.0372. The second kappa shape index (κ2) is 24.3. The summed E-state index contributed by atoms with van der Waals surface area (Å²) in [5.41, 5.74) is 3.83. The Kier molecular flexibility index (Phi) is 25.5. The number of benzene rings is 3. The Labute approximate surface area is 197 Å². The van der Waals surface area contributed by atoms with E-state index in [4.69, 9.17) is 0 Å². The highest BCUT2D eigenvalue weighted by atomic mass is 16.1. The van der Waals surface area contributed by atoms with Crippen LogP contribution >= 0.6 is 0 Å². The Morgan fingerprint density at radius 2 is 0.625 bits per heavy atom. The summed E-state index contributed by atoms with van der Waals surface area (Å²) in [5, 5.41) is 0. The average Bonchev–Trinajstić information content (AvgIpc) is 2.90. The highest BCUT2D eigenvalue weighted by molar-refractivity contribution is 5.97. The van der Waals surface area contributed by atoms with E-state index >= 15 is 0 Å². The van der Waals surface area contributed by atoms with Crippen LogP contribution in [0.1, 0.15) is 90.0 Å². The van der Waals surface area contributed by atoms with E-state index in [0.717, 1.165) is 0 Å². The van der Waals surface area contributed by atoms with Crippen LogP contribution in [0, 0.1) is 0 Å². The number of hydrogen-bond donors (Lipinski definition) is 0. The van der Waals surface area contributed by atoms with E-state index in [0.29, 0.717) is 11.1 Å². The van der Waals surface area contributed by atoms with Crippen molar-refractivity contribution in [2.45, 2.75) is 69.2 Å². The topological polar surface area (TPSA) is 34.1 Å². The van der Waals surface area contributed by atoms with Gasteiger partial charge in [-0.25, -0.2) is 0 Å². The summed E-state index contributed by atoms with van der Waals surface area (Å²) in [6.07, 6.45) is 0. The van der Waals surface area contributed by atoms with Crippen LogP contribution in [-0.2, 0) is 0 Å². The van der Waals surface area contributed by atoms with Gasteiger partial charge in [0.2, 0.25) is 0 Å². The van der Waals surface area contributed by atoms with Crippen molar-refractivity contribution in [2.24, 2.45) is 0 Å². The fourth-order valence-corrected chi connectivity index (χ4v) is 2.20. The molecule has 0 N–H and O–H groups in total. The van der Waals surface area contributed by atoms with Gasteiger partial charge in [-0.15, -0.1) is 0 Å². The normalized spacial score (nSPS) is 7.94. The fourth-order valence-electron chi connectivity index (χ4n) is 2.20. The van der Waals surface area contributed by atoms with Crippen LogP contribution in [0.3, 0.4) is 0 Å². The van der Waals surface area contributed by atoms with Crippen LogP contribution in [-0.4, -0.2) is 11.6 Å². The zero-order valence-electron chi connectivity index (χ0n) is 21.9. The first-order valence-electron chi connectivity index (χ1n) is 11.8. The smallest absolute Gasteiger partial charge is 0.159 e. The van der Waals surface area contributed by atoms with E-state index in [-0.39, 0.29) is 11.6 Å². The van der Waals surface area contributed by atoms with Crippen molar-refractivity contribution in [2.75, 3.05) is 0 Å². The van der Waals surface area contributed by atoms with Crippen LogP contribution in [0.25, 0.3) is 11.1 Å². The molecule has 0 unspecified atom stereocenters. The fraction of sp³-hybridized carbons (Fsp3) is 0.333. The standard InChI is InChI=1S/C12H10.C10H10O2.4C2H6/c1-3-7-11(8-4-1)12-9-5-2-6-10-12;1-7(11)9-3-5-10(6-4-9)8(2)12;4*1-2/h1-10H;3-6H,1-2H3;4*1-2H3. The van der Waals surface area contributed by atoms with Gasteiger partial charge in [-0.3, -0.25) is 9.59 Å². The number of ketones is 2.